The summed E-state index contributed by atoms with van der Waals surface area (Å²) in [6, 6.07) is 12.2. The van der Waals surface area contributed by atoms with Crippen molar-refractivity contribution in [2.75, 3.05) is 6.54 Å². The lowest BCUT2D eigenvalue weighted by Crippen LogP contribution is -2.12. The molecule has 0 bridgehead atoms. The Balaban J connectivity index is 1.90. The van der Waals surface area contributed by atoms with Crippen LogP contribution in [0.15, 0.2) is 47.1 Å². The van der Waals surface area contributed by atoms with Crippen LogP contribution in [-0.2, 0) is 17.9 Å². The van der Waals surface area contributed by atoms with E-state index in [1.807, 2.05) is 24.3 Å². The maximum Gasteiger partial charge on any atom is 0.123 e. The summed E-state index contributed by atoms with van der Waals surface area (Å²) >= 11 is 0. The van der Waals surface area contributed by atoms with Crippen molar-refractivity contribution in [2.45, 2.75) is 33.1 Å². The molecule has 0 aliphatic carbocycles. The van der Waals surface area contributed by atoms with E-state index in [1.165, 1.54) is 5.56 Å². The monoisotopic (exact) mass is 259 g/mol. The number of ether oxygens (including phenoxy) is 1. The number of rotatable bonds is 7. The van der Waals surface area contributed by atoms with Gasteiger partial charge in [0.1, 0.15) is 5.76 Å². The normalized spacial score (nSPS) is 12.5. The van der Waals surface area contributed by atoms with Crippen LogP contribution in [0.1, 0.15) is 36.8 Å². The van der Waals surface area contributed by atoms with Gasteiger partial charge in [-0.05, 0) is 25.1 Å². The highest BCUT2D eigenvalue weighted by atomic mass is 16.5. The Morgan fingerprint density at radius 2 is 2.00 bits per heavy atom. The van der Waals surface area contributed by atoms with Gasteiger partial charge in [0.2, 0.25) is 0 Å². The summed E-state index contributed by atoms with van der Waals surface area (Å²) in [5.74, 6) is 0.960. The van der Waals surface area contributed by atoms with Gasteiger partial charge in [0.15, 0.2) is 0 Å². The van der Waals surface area contributed by atoms with Gasteiger partial charge in [-0.25, -0.2) is 0 Å². The minimum absolute atomic E-state index is 0.0862. The van der Waals surface area contributed by atoms with Crippen molar-refractivity contribution in [3.63, 3.8) is 0 Å². The molecule has 0 amide bonds. The second-order valence-electron chi connectivity index (χ2n) is 4.51. The molecular weight excluding hydrogens is 238 g/mol. The molecule has 2 rings (SSSR count). The van der Waals surface area contributed by atoms with E-state index in [1.54, 1.807) is 6.26 Å². The van der Waals surface area contributed by atoms with Gasteiger partial charge >= 0.3 is 0 Å². The predicted octanol–water partition coefficient (Wildman–Crippen LogP) is 3.67. The molecule has 1 aromatic carbocycles. The van der Waals surface area contributed by atoms with E-state index in [4.69, 9.17) is 9.15 Å². The van der Waals surface area contributed by atoms with Crippen molar-refractivity contribution >= 4 is 0 Å². The smallest absolute Gasteiger partial charge is 0.123 e. The molecule has 19 heavy (non-hydrogen) atoms. The van der Waals surface area contributed by atoms with Crippen LogP contribution in [0.5, 0.6) is 0 Å². The summed E-state index contributed by atoms with van der Waals surface area (Å²) in [5.41, 5.74) is 2.31. The fourth-order valence-corrected chi connectivity index (χ4v) is 1.92. The number of hydrogen-bond acceptors (Lipinski definition) is 3. The van der Waals surface area contributed by atoms with Crippen molar-refractivity contribution in [3.05, 3.63) is 59.5 Å². The van der Waals surface area contributed by atoms with Crippen LogP contribution in [0.3, 0.4) is 0 Å². The third-order valence-corrected chi connectivity index (χ3v) is 3.13. The summed E-state index contributed by atoms with van der Waals surface area (Å²) in [6.07, 6.45) is 1.81. The molecule has 0 saturated heterocycles. The van der Waals surface area contributed by atoms with E-state index in [-0.39, 0.29) is 6.10 Å². The van der Waals surface area contributed by atoms with E-state index in [0.29, 0.717) is 6.61 Å². The summed E-state index contributed by atoms with van der Waals surface area (Å²) < 4.78 is 11.4. The third kappa shape index (κ3) is 3.94. The first-order chi connectivity index (χ1) is 9.31. The zero-order valence-corrected chi connectivity index (χ0v) is 11.6. The summed E-state index contributed by atoms with van der Waals surface area (Å²) in [7, 11) is 0. The third-order valence-electron chi connectivity index (χ3n) is 3.13. The van der Waals surface area contributed by atoms with E-state index >= 15 is 0 Å². The molecule has 3 heteroatoms. The van der Waals surface area contributed by atoms with Crippen LogP contribution >= 0.6 is 0 Å². The fraction of sp³-hybridized carbons (Fsp3) is 0.375. The maximum atomic E-state index is 5.91. The predicted molar refractivity (Wildman–Crippen MR) is 75.7 cm³/mol. The van der Waals surface area contributed by atoms with Gasteiger partial charge in [-0.3, -0.25) is 0 Å². The Kier molecular flexibility index (Phi) is 5.19. The van der Waals surface area contributed by atoms with Gasteiger partial charge in [0, 0.05) is 5.56 Å². The lowest BCUT2D eigenvalue weighted by molar-refractivity contribution is 0.0516. The van der Waals surface area contributed by atoms with Crippen LogP contribution in [0.4, 0.5) is 0 Å². The number of benzene rings is 1. The van der Waals surface area contributed by atoms with E-state index in [2.05, 4.69) is 31.3 Å². The van der Waals surface area contributed by atoms with E-state index in [0.717, 1.165) is 24.4 Å². The lowest BCUT2D eigenvalue weighted by Gasteiger charge is -2.13. The zero-order chi connectivity index (χ0) is 13.5. The topological polar surface area (TPSA) is 34.4 Å². The van der Waals surface area contributed by atoms with E-state index < -0.39 is 0 Å². The van der Waals surface area contributed by atoms with Gasteiger partial charge in [-0.15, -0.1) is 0 Å². The van der Waals surface area contributed by atoms with Gasteiger partial charge in [-0.2, -0.15) is 0 Å². The number of nitrogens with one attached hydrogen (secondary N) is 1. The first-order valence-electron chi connectivity index (χ1n) is 6.73. The van der Waals surface area contributed by atoms with Crippen molar-refractivity contribution in [2.24, 2.45) is 0 Å². The Morgan fingerprint density at radius 1 is 1.21 bits per heavy atom. The minimum Gasteiger partial charge on any atom is -0.468 e. The van der Waals surface area contributed by atoms with Gasteiger partial charge < -0.3 is 14.5 Å². The number of hydrogen-bond donors (Lipinski definition) is 1. The molecule has 102 valence electrons. The minimum atomic E-state index is 0.0862. The van der Waals surface area contributed by atoms with Gasteiger partial charge in [0.05, 0.1) is 25.5 Å². The van der Waals surface area contributed by atoms with Crippen LogP contribution in [0, 0.1) is 0 Å². The van der Waals surface area contributed by atoms with Gasteiger partial charge in [0.25, 0.3) is 0 Å². The average molecular weight is 259 g/mol. The Morgan fingerprint density at radius 3 is 2.74 bits per heavy atom. The molecule has 0 spiro atoms. The SMILES string of the molecule is CCNCc1occc1COC(C)c1ccccc1. The molecule has 1 atom stereocenters. The van der Waals surface area contributed by atoms with Crippen molar-refractivity contribution in [1.29, 1.82) is 0 Å². The van der Waals surface area contributed by atoms with Crippen molar-refractivity contribution in [1.82, 2.24) is 5.32 Å². The average Bonchev–Trinajstić information content (AvgIpc) is 2.91. The Labute approximate surface area is 114 Å². The second-order valence-corrected chi connectivity index (χ2v) is 4.51. The number of furan rings is 1. The molecule has 2 aromatic rings. The molecule has 0 aliphatic rings. The highest BCUT2D eigenvalue weighted by Crippen LogP contribution is 2.20. The van der Waals surface area contributed by atoms with Crippen molar-refractivity contribution in [3.8, 4) is 0 Å². The van der Waals surface area contributed by atoms with Gasteiger partial charge in [-0.1, -0.05) is 37.3 Å². The van der Waals surface area contributed by atoms with Crippen LogP contribution in [-0.4, -0.2) is 6.54 Å². The van der Waals surface area contributed by atoms with Crippen LogP contribution in [0.25, 0.3) is 0 Å². The highest BCUT2D eigenvalue weighted by molar-refractivity contribution is 5.18. The summed E-state index contributed by atoms with van der Waals surface area (Å²) in [6.45, 7) is 6.41. The standard InChI is InChI=1S/C16H21NO2/c1-3-17-11-16-15(9-10-18-16)12-19-13(2)14-7-5-4-6-8-14/h4-10,13,17H,3,11-12H2,1-2H3. The summed E-state index contributed by atoms with van der Waals surface area (Å²) in [4.78, 5) is 0. The quantitative estimate of drug-likeness (QED) is 0.824. The fourth-order valence-electron chi connectivity index (χ4n) is 1.92. The molecule has 0 aliphatic heterocycles. The van der Waals surface area contributed by atoms with E-state index in [9.17, 15) is 0 Å². The first-order valence-corrected chi connectivity index (χ1v) is 6.73. The second kappa shape index (κ2) is 7.12. The largest absolute Gasteiger partial charge is 0.468 e. The van der Waals surface area contributed by atoms with Crippen LogP contribution in [0.2, 0.25) is 0 Å². The Bertz CT molecular complexity index is 479. The maximum absolute atomic E-state index is 5.91. The molecule has 1 N–H and O–H groups in total. The summed E-state index contributed by atoms with van der Waals surface area (Å²) in [5, 5.41) is 3.26. The Hall–Kier alpha value is -1.58. The molecule has 0 fully saturated rings. The molecule has 1 aromatic heterocycles. The highest BCUT2D eigenvalue weighted by Gasteiger charge is 2.09. The molecule has 1 heterocycles. The first kappa shape index (κ1) is 13.8. The van der Waals surface area contributed by atoms with Crippen LogP contribution < -0.4 is 5.32 Å². The molecule has 0 saturated carbocycles. The molecular formula is C16H21NO2. The molecule has 3 nitrogen and oxygen atoms in total. The molecule has 1 unspecified atom stereocenters. The zero-order valence-electron chi connectivity index (χ0n) is 11.6. The van der Waals surface area contributed by atoms with Crippen molar-refractivity contribution < 1.29 is 9.15 Å². The lowest BCUT2D eigenvalue weighted by atomic mass is 10.1. The molecule has 0 radical (unpaired) electrons.